The highest BCUT2D eigenvalue weighted by Gasteiger charge is 2.19. The minimum atomic E-state index is -0.914. The van der Waals surface area contributed by atoms with Crippen molar-refractivity contribution in [1.29, 1.82) is 0 Å². The molecular weight excluding hydrogens is 468 g/mol. The average molecular weight is 496 g/mol. The molecule has 3 aromatic rings. The molecule has 2 aromatic carbocycles. The van der Waals surface area contributed by atoms with Crippen molar-refractivity contribution in [3.8, 4) is 29.1 Å². The third kappa shape index (κ3) is 5.42. The van der Waals surface area contributed by atoms with Gasteiger partial charge in [-0.2, -0.15) is 0 Å². The Bertz CT molecular complexity index is 1270. The van der Waals surface area contributed by atoms with Gasteiger partial charge in [-0.15, -0.1) is 0 Å². The largest absolute Gasteiger partial charge is 0.495 e. The van der Waals surface area contributed by atoms with Crippen LogP contribution in [0.3, 0.4) is 0 Å². The number of likely N-dealkylation sites (N-methyl/N-ethyl adjacent to an activating group) is 1. The van der Waals surface area contributed by atoms with E-state index < -0.39 is 17.2 Å². The van der Waals surface area contributed by atoms with E-state index in [-0.39, 0.29) is 23.1 Å². The van der Waals surface area contributed by atoms with Gasteiger partial charge in [0.2, 0.25) is 5.95 Å². The lowest BCUT2D eigenvalue weighted by Crippen LogP contribution is -2.44. The van der Waals surface area contributed by atoms with Gasteiger partial charge in [0.05, 0.1) is 27.0 Å². The Morgan fingerprint density at radius 3 is 2.17 bits per heavy atom. The van der Waals surface area contributed by atoms with Crippen LogP contribution in [0.1, 0.15) is 11.3 Å². The summed E-state index contributed by atoms with van der Waals surface area (Å²) in [4.78, 5) is 13.1. The molecule has 0 saturated carbocycles. The van der Waals surface area contributed by atoms with Gasteiger partial charge in [0.25, 0.3) is 0 Å². The van der Waals surface area contributed by atoms with E-state index in [9.17, 15) is 8.78 Å². The van der Waals surface area contributed by atoms with Crippen molar-refractivity contribution in [2.45, 2.75) is 0 Å². The summed E-state index contributed by atoms with van der Waals surface area (Å²) in [6, 6.07) is 8.47. The Morgan fingerprint density at radius 2 is 1.53 bits per heavy atom. The fourth-order valence-electron chi connectivity index (χ4n) is 3.80. The van der Waals surface area contributed by atoms with Crippen LogP contribution in [0.15, 0.2) is 36.5 Å². The predicted octanol–water partition coefficient (Wildman–Crippen LogP) is 3.68. The van der Waals surface area contributed by atoms with Crippen LogP contribution in [-0.4, -0.2) is 69.4 Å². The Kier molecular flexibility index (Phi) is 7.71. The number of halogens is 2. The van der Waals surface area contributed by atoms with Crippen molar-refractivity contribution < 1.29 is 23.0 Å². The van der Waals surface area contributed by atoms with E-state index in [4.69, 9.17) is 14.2 Å². The number of hydrogen-bond acceptors (Lipinski definition) is 8. The fourth-order valence-corrected chi connectivity index (χ4v) is 3.80. The summed E-state index contributed by atoms with van der Waals surface area (Å²) in [6.07, 6.45) is 1.51. The molecule has 1 N–H and O–H groups in total. The minimum absolute atomic E-state index is 0.170. The van der Waals surface area contributed by atoms with E-state index >= 15 is 0 Å². The van der Waals surface area contributed by atoms with Gasteiger partial charge in [-0.3, -0.25) is 0 Å². The number of ether oxygens (including phenoxy) is 3. The number of methoxy groups -OCH3 is 3. The van der Waals surface area contributed by atoms with E-state index in [1.807, 2.05) is 18.2 Å². The lowest BCUT2D eigenvalue weighted by molar-refractivity contribution is 0.311. The predicted molar refractivity (Wildman–Crippen MR) is 133 cm³/mol. The van der Waals surface area contributed by atoms with Crippen LogP contribution in [-0.2, 0) is 0 Å². The second-order valence-corrected chi connectivity index (χ2v) is 8.10. The van der Waals surface area contributed by atoms with Crippen LogP contribution in [0.2, 0.25) is 0 Å². The Labute approximate surface area is 208 Å². The number of nitrogens with one attached hydrogen (secondary N) is 1. The molecule has 10 heteroatoms. The van der Waals surface area contributed by atoms with Crippen molar-refractivity contribution in [2.75, 3.05) is 64.8 Å². The van der Waals surface area contributed by atoms with Gasteiger partial charge in [0, 0.05) is 50.2 Å². The van der Waals surface area contributed by atoms with Gasteiger partial charge >= 0.3 is 0 Å². The molecule has 0 aliphatic carbocycles. The first-order chi connectivity index (χ1) is 17.4. The molecule has 1 aliphatic rings. The third-order valence-electron chi connectivity index (χ3n) is 5.82. The summed E-state index contributed by atoms with van der Waals surface area (Å²) in [5.41, 5.74) is 1.55. The minimum Gasteiger partial charge on any atom is -0.495 e. The molecule has 1 aromatic heterocycles. The second-order valence-electron chi connectivity index (χ2n) is 8.10. The molecule has 0 amide bonds. The molecule has 0 unspecified atom stereocenters. The summed E-state index contributed by atoms with van der Waals surface area (Å²) in [5, 5.41) is 3.13. The first-order valence-electron chi connectivity index (χ1n) is 11.3. The molecule has 1 aliphatic heterocycles. The highest BCUT2D eigenvalue weighted by Crippen LogP contribution is 2.33. The molecule has 1 saturated heterocycles. The summed E-state index contributed by atoms with van der Waals surface area (Å²) in [6.45, 7) is 3.82. The normalized spacial score (nSPS) is 13.6. The van der Waals surface area contributed by atoms with Crippen LogP contribution >= 0.6 is 0 Å². The van der Waals surface area contributed by atoms with Crippen molar-refractivity contribution >= 4 is 17.3 Å². The first kappa shape index (κ1) is 25.0. The highest BCUT2D eigenvalue weighted by molar-refractivity contribution is 5.67. The zero-order valence-electron chi connectivity index (χ0n) is 20.6. The first-order valence-corrected chi connectivity index (χ1v) is 11.3. The highest BCUT2D eigenvalue weighted by atomic mass is 19.1. The molecule has 36 heavy (non-hydrogen) atoms. The fraction of sp³-hybridized carbons (Fsp3) is 0.308. The van der Waals surface area contributed by atoms with E-state index in [2.05, 4.69) is 44.0 Å². The van der Waals surface area contributed by atoms with Crippen molar-refractivity contribution in [2.24, 2.45) is 0 Å². The van der Waals surface area contributed by atoms with Crippen molar-refractivity contribution in [3.05, 3.63) is 59.4 Å². The van der Waals surface area contributed by atoms with Gasteiger partial charge < -0.3 is 29.3 Å². The molecule has 8 nitrogen and oxygen atoms in total. The molecule has 0 radical (unpaired) electrons. The van der Waals surface area contributed by atoms with Gasteiger partial charge in [0.15, 0.2) is 23.1 Å². The van der Waals surface area contributed by atoms with Crippen molar-refractivity contribution in [3.63, 3.8) is 0 Å². The molecule has 2 heterocycles. The summed E-state index contributed by atoms with van der Waals surface area (Å²) in [7, 11) is 6.31. The van der Waals surface area contributed by atoms with Crippen molar-refractivity contribution in [1.82, 2.24) is 14.9 Å². The zero-order valence-corrected chi connectivity index (χ0v) is 20.6. The maximum atomic E-state index is 14.6. The Morgan fingerprint density at radius 1 is 0.861 bits per heavy atom. The number of anilines is 3. The third-order valence-corrected chi connectivity index (χ3v) is 5.82. The van der Waals surface area contributed by atoms with Gasteiger partial charge in [-0.25, -0.2) is 18.7 Å². The lowest BCUT2D eigenvalue weighted by Gasteiger charge is -2.34. The molecule has 0 spiro atoms. The van der Waals surface area contributed by atoms with Crippen LogP contribution in [0, 0.1) is 23.5 Å². The molecule has 1 fully saturated rings. The number of piperazine rings is 1. The maximum absolute atomic E-state index is 14.6. The van der Waals surface area contributed by atoms with E-state index in [0.29, 0.717) is 0 Å². The average Bonchev–Trinajstić information content (AvgIpc) is 2.89. The summed E-state index contributed by atoms with van der Waals surface area (Å²) in [5.74, 6) is 4.02. The summed E-state index contributed by atoms with van der Waals surface area (Å²) < 4.78 is 44.7. The number of aromatic nitrogens is 2. The number of hydrogen-bond donors (Lipinski definition) is 1. The van der Waals surface area contributed by atoms with E-state index in [1.54, 1.807) is 13.2 Å². The summed E-state index contributed by atoms with van der Waals surface area (Å²) >= 11 is 0. The second kappa shape index (κ2) is 11.1. The standard InChI is InChI=1S/C26H27F2N5O3/c1-32-11-13-33(14-12-32)20-8-6-18(15-21(20)34-2)31-26-29-10-9-17(30-26)5-7-19-24(27)22(35-3)16-23(36-4)25(19)28/h6,8-10,15-16H,11-14H2,1-4H3,(H,29,30,31). The van der Waals surface area contributed by atoms with Crippen LogP contribution in [0.4, 0.5) is 26.1 Å². The maximum Gasteiger partial charge on any atom is 0.228 e. The van der Waals surface area contributed by atoms with E-state index in [1.165, 1.54) is 20.4 Å². The van der Waals surface area contributed by atoms with Gasteiger partial charge in [-0.1, -0.05) is 5.92 Å². The molecule has 4 rings (SSSR count). The van der Waals surface area contributed by atoms with Gasteiger partial charge in [0.1, 0.15) is 17.0 Å². The Hall–Kier alpha value is -4.10. The number of rotatable bonds is 6. The topological polar surface area (TPSA) is 72.0 Å². The molecule has 0 bridgehead atoms. The van der Waals surface area contributed by atoms with Crippen LogP contribution in [0.5, 0.6) is 17.2 Å². The lowest BCUT2D eigenvalue weighted by atomic mass is 10.1. The van der Waals surface area contributed by atoms with E-state index in [0.717, 1.165) is 49.4 Å². The quantitative estimate of drug-likeness (QED) is 0.520. The monoisotopic (exact) mass is 495 g/mol. The smallest absolute Gasteiger partial charge is 0.228 e. The molecular formula is C26H27F2N5O3. The van der Waals surface area contributed by atoms with Crippen LogP contribution in [0.25, 0.3) is 0 Å². The molecule has 0 atom stereocenters. The number of benzene rings is 2. The molecule has 188 valence electrons. The Balaban J connectivity index is 1.56. The number of nitrogens with zero attached hydrogens (tertiary/aromatic N) is 4. The van der Waals surface area contributed by atoms with Gasteiger partial charge in [-0.05, 0) is 31.2 Å². The SMILES string of the molecule is COc1cc(Nc2nccc(C#Cc3c(F)c(OC)cc(OC)c3F)n2)ccc1N1CCN(C)CC1. The zero-order chi connectivity index (χ0) is 25.7. The van der Waals surface area contributed by atoms with Crippen LogP contribution < -0.4 is 24.4 Å².